The zero-order valence-corrected chi connectivity index (χ0v) is 14.5. The van der Waals surface area contributed by atoms with Crippen LogP contribution in [0.5, 0.6) is 5.75 Å². The third kappa shape index (κ3) is 3.51. The van der Waals surface area contributed by atoms with Gasteiger partial charge in [-0.3, -0.25) is 14.2 Å². The Morgan fingerprint density at radius 3 is 2.50 bits per heavy atom. The van der Waals surface area contributed by atoms with Gasteiger partial charge in [-0.15, -0.1) is 0 Å². The van der Waals surface area contributed by atoms with Gasteiger partial charge >= 0.3 is 5.69 Å². The number of nitrogens with zero attached hydrogens (tertiary/aromatic N) is 1. The van der Waals surface area contributed by atoms with Crippen LogP contribution in [0.4, 0.5) is 0 Å². The normalized spacial score (nSPS) is 11.9. The average molecular weight is 353 g/mol. The van der Waals surface area contributed by atoms with Crippen LogP contribution in [0, 0.1) is 0 Å². The summed E-state index contributed by atoms with van der Waals surface area (Å²) in [5.41, 5.74) is 0.338. The van der Waals surface area contributed by atoms with Gasteiger partial charge < -0.3 is 15.0 Å². The molecule has 2 aromatic carbocycles. The molecular formula is C19H19N3O4. The zero-order chi connectivity index (χ0) is 18.7. The van der Waals surface area contributed by atoms with Gasteiger partial charge in [0.1, 0.15) is 5.75 Å². The van der Waals surface area contributed by atoms with Gasteiger partial charge in [-0.05, 0) is 29.8 Å². The van der Waals surface area contributed by atoms with Gasteiger partial charge in [0, 0.05) is 6.92 Å². The molecule has 0 saturated carbocycles. The molecule has 0 aliphatic heterocycles. The van der Waals surface area contributed by atoms with E-state index in [1.807, 2.05) is 0 Å². The molecule has 0 unspecified atom stereocenters. The summed E-state index contributed by atoms with van der Waals surface area (Å²) in [6.45, 7) is 1.41. The number of carbonyl (C=O) groups is 1. The molecule has 2 N–H and O–H groups in total. The fourth-order valence-electron chi connectivity index (χ4n) is 2.86. The van der Waals surface area contributed by atoms with Crippen molar-refractivity contribution >= 4 is 16.8 Å². The fourth-order valence-corrected chi connectivity index (χ4v) is 2.86. The van der Waals surface area contributed by atoms with Crippen LogP contribution in [0.25, 0.3) is 10.9 Å². The van der Waals surface area contributed by atoms with E-state index < -0.39 is 17.3 Å². The summed E-state index contributed by atoms with van der Waals surface area (Å²) in [5, 5.41) is 3.21. The van der Waals surface area contributed by atoms with E-state index in [-0.39, 0.29) is 12.5 Å². The molecule has 1 heterocycles. The van der Waals surface area contributed by atoms with Crippen molar-refractivity contribution in [1.29, 1.82) is 0 Å². The molecule has 3 rings (SSSR count). The highest BCUT2D eigenvalue weighted by molar-refractivity contribution is 5.77. The Morgan fingerprint density at radius 2 is 1.85 bits per heavy atom. The third-order valence-corrected chi connectivity index (χ3v) is 4.15. The number of nitrogens with one attached hydrogen (secondary N) is 2. The van der Waals surface area contributed by atoms with Crippen molar-refractivity contribution in [3.63, 3.8) is 0 Å². The second-order valence-electron chi connectivity index (χ2n) is 5.92. The standard InChI is InChI=1S/C19H19N3O4/c1-12(23)20-17(13-7-9-14(26-2)10-8-13)11-22-18(24)15-5-3-4-6-16(15)21-19(22)25/h3-10,17H,11H2,1-2H3,(H,20,23)(H,21,25)/t17-/m1/s1. The SMILES string of the molecule is COc1ccc([C@@H](Cn2c(=O)[nH]c3ccccc3c2=O)NC(C)=O)cc1. The first-order valence-electron chi connectivity index (χ1n) is 8.12. The molecule has 1 atom stereocenters. The van der Waals surface area contributed by atoms with Crippen molar-refractivity contribution < 1.29 is 9.53 Å². The molecule has 7 nitrogen and oxygen atoms in total. The van der Waals surface area contributed by atoms with Crippen LogP contribution >= 0.6 is 0 Å². The molecule has 0 aliphatic rings. The molecule has 0 bridgehead atoms. The van der Waals surface area contributed by atoms with Gasteiger partial charge in [0.05, 0.1) is 30.6 Å². The number of H-pyrrole nitrogens is 1. The quantitative estimate of drug-likeness (QED) is 0.728. The van der Waals surface area contributed by atoms with Crippen LogP contribution in [-0.4, -0.2) is 22.6 Å². The lowest BCUT2D eigenvalue weighted by molar-refractivity contribution is -0.119. The summed E-state index contributed by atoms with van der Waals surface area (Å²) >= 11 is 0. The first-order chi connectivity index (χ1) is 12.5. The maximum atomic E-state index is 12.7. The second-order valence-corrected chi connectivity index (χ2v) is 5.92. The third-order valence-electron chi connectivity index (χ3n) is 4.15. The van der Waals surface area contributed by atoms with Crippen LogP contribution in [0.1, 0.15) is 18.5 Å². The first-order valence-corrected chi connectivity index (χ1v) is 8.12. The van der Waals surface area contributed by atoms with E-state index in [1.54, 1.807) is 55.6 Å². The Bertz CT molecular complexity index is 1050. The van der Waals surface area contributed by atoms with Crippen molar-refractivity contribution in [3.8, 4) is 5.75 Å². The van der Waals surface area contributed by atoms with E-state index in [2.05, 4.69) is 10.3 Å². The minimum atomic E-state index is -0.529. The highest BCUT2D eigenvalue weighted by Gasteiger charge is 2.17. The van der Waals surface area contributed by atoms with E-state index in [1.165, 1.54) is 6.92 Å². The molecule has 134 valence electrons. The maximum Gasteiger partial charge on any atom is 0.328 e. The predicted molar refractivity (Wildman–Crippen MR) is 98.4 cm³/mol. The topological polar surface area (TPSA) is 93.2 Å². The lowest BCUT2D eigenvalue weighted by Gasteiger charge is -2.19. The lowest BCUT2D eigenvalue weighted by Crippen LogP contribution is -2.40. The van der Waals surface area contributed by atoms with Crippen LogP contribution in [-0.2, 0) is 11.3 Å². The largest absolute Gasteiger partial charge is 0.497 e. The summed E-state index contributed by atoms with van der Waals surface area (Å²) < 4.78 is 6.24. The van der Waals surface area contributed by atoms with Gasteiger partial charge in [-0.2, -0.15) is 0 Å². The highest BCUT2D eigenvalue weighted by Crippen LogP contribution is 2.19. The smallest absolute Gasteiger partial charge is 0.328 e. The lowest BCUT2D eigenvalue weighted by atomic mass is 10.1. The van der Waals surface area contributed by atoms with Crippen LogP contribution in [0.15, 0.2) is 58.1 Å². The van der Waals surface area contributed by atoms with E-state index in [0.717, 1.165) is 10.1 Å². The Hall–Kier alpha value is -3.35. The monoisotopic (exact) mass is 353 g/mol. The molecule has 1 aromatic heterocycles. The van der Waals surface area contributed by atoms with Crippen molar-refractivity contribution in [2.75, 3.05) is 7.11 Å². The average Bonchev–Trinajstić information content (AvgIpc) is 2.64. The van der Waals surface area contributed by atoms with Crippen LogP contribution in [0.3, 0.4) is 0 Å². The number of ether oxygens (including phenoxy) is 1. The van der Waals surface area contributed by atoms with Gasteiger partial charge in [0.15, 0.2) is 0 Å². The number of aromatic nitrogens is 2. The van der Waals surface area contributed by atoms with Gasteiger partial charge in [0.2, 0.25) is 5.91 Å². The predicted octanol–water partition coefficient (Wildman–Crippen LogP) is 1.58. The highest BCUT2D eigenvalue weighted by atomic mass is 16.5. The van der Waals surface area contributed by atoms with E-state index in [0.29, 0.717) is 16.7 Å². The number of benzene rings is 2. The molecule has 0 fully saturated rings. The number of methoxy groups -OCH3 is 1. The number of amides is 1. The van der Waals surface area contributed by atoms with E-state index in [4.69, 9.17) is 4.74 Å². The molecule has 0 aliphatic carbocycles. The van der Waals surface area contributed by atoms with Crippen molar-refractivity contribution in [3.05, 3.63) is 74.9 Å². The number of hydrogen-bond donors (Lipinski definition) is 2. The van der Waals surface area contributed by atoms with Gasteiger partial charge in [-0.1, -0.05) is 24.3 Å². The maximum absolute atomic E-state index is 12.7. The van der Waals surface area contributed by atoms with Crippen molar-refractivity contribution in [2.45, 2.75) is 19.5 Å². The number of hydrogen-bond acceptors (Lipinski definition) is 4. The minimum Gasteiger partial charge on any atom is -0.497 e. The molecule has 0 saturated heterocycles. The summed E-state index contributed by atoms with van der Waals surface area (Å²) in [6, 6.07) is 13.4. The zero-order valence-electron chi connectivity index (χ0n) is 14.5. The Morgan fingerprint density at radius 1 is 1.15 bits per heavy atom. The number of aromatic amines is 1. The Kier molecular flexibility index (Phi) is 4.88. The molecule has 7 heteroatoms. The number of rotatable bonds is 5. The van der Waals surface area contributed by atoms with E-state index in [9.17, 15) is 14.4 Å². The molecule has 1 amide bonds. The molecule has 26 heavy (non-hydrogen) atoms. The molecule has 0 spiro atoms. The summed E-state index contributed by atoms with van der Waals surface area (Å²) in [6.07, 6.45) is 0. The van der Waals surface area contributed by atoms with Crippen LogP contribution in [0.2, 0.25) is 0 Å². The molecular weight excluding hydrogens is 334 g/mol. The summed E-state index contributed by atoms with van der Waals surface area (Å²) in [4.78, 5) is 39.4. The van der Waals surface area contributed by atoms with Gasteiger partial charge in [-0.25, -0.2) is 4.79 Å². The number of para-hydroxylation sites is 1. The second kappa shape index (κ2) is 7.26. The van der Waals surface area contributed by atoms with E-state index >= 15 is 0 Å². The number of carbonyl (C=O) groups excluding carboxylic acids is 1. The van der Waals surface area contributed by atoms with Crippen molar-refractivity contribution in [2.24, 2.45) is 0 Å². The first kappa shape index (κ1) is 17.5. The van der Waals surface area contributed by atoms with Crippen LogP contribution < -0.4 is 21.3 Å². The van der Waals surface area contributed by atoms with Gasteiger partial charge in [0.25, 0.3) is 5.56 Å². The molecule has 3 aromatic rings. The summed E-state index contributed by atoms with van der Waals surface area (Å²) in [5.74, 6) is 0.423. The Labute approximate surface area is 149 Å². The molecule has 0 radical (unpaired) electrons. The minimum absolute atomic E-state index is 0.0188. The summed E-state index contributed by atoms with van der Waals surface area (Å²) in [7, 11) is 1.56. The number of fused-ring (bicyclic) bond motifs is 1. The Balaban J connectivity index is 2.04. The fraction of sp³-hybridized carbons (Fsp3) is 0.211. The van der Waals surface area contributed by atoms with Crippen molar-refractivity contribution in [1.82, 2.24) is 14.9 Å².